The van der Waals surface area contributed by atoms with Crippen LogP contribution >= 0.6 is 0 Å². The van der Waals surface area contributed by atoms with Crippen molar-refractivity contribution in [1.29, 1.82) is 0 Å². The normalized spacial score (nSPS) is 18.4. The van der Waals surface area contributed by atoms with Gasteiger partial charge in [0.15, 0.2) is 5.65 Å². The van der Waals surface area contributed by atoms with Gasteiger partial charge in [-0.3, -0.25) is 4.79 Å². The van der Waals surface area contributed by atoms with E-state index in [-0.39, 0.29) is 5.91 Å². The zero-order chi connectivity index (χ0) is 17.6. The lowest BCUT2D eigenvalue weighted by molar-refractivity contribution is -0.117. The molecule has 4 N–H and O–H groups in total. The number of hydrogen-bond acceptors (Lipinski definition) is 5. The van der Waals surface area contributed by atoms with Gasteiger partial charge in [-0.25, -0.2) is 10.8 Å². The molecule has 3 heterocycles. The van der Waals surface area contributed by atoms with Crippen LogP contribution in [0.2, 0.25) is 0 Å². The van der Waals surface area contributed by atoms with Crippen LogP contribution in [0.25, 0.3) is 5.65 Å². The Bertz CT molecular complexity index is 847. The largest absolute Gasteiger partial charge is 0.401 e. The number of nitrogens with two attached hydrogens (primary N) is 2. The monoisotopic (exact) mass is 340 g/mol. The maximum atomic E-state index is 12.3. The molecule has 1 saturated heterocycles. The minimum absolute atomic E-state index is 0.182. The number of rotatable bonds is 5. The SMILES string of the molecule is C/C(N)=C/N(N)Cc1cn2cc(C3CC3)cc(N3CCCC3=O)c2n1. The van der Waals surface area contributed by atoms with Gasteiger partial charge in [0.2, 0.25) is 5.91 Å². The van der Waals surface area contributed by atoms with E-state index in [0.717, 1.165) is 30.0 Å². The molecule has 0 bridgehead atoms. The zero-order valence-electron chi connectivity index (χ0n) is 14.5. The van der Waals surface area contributed by atoms with E-state index in [4.69, 9.17) is 16.6 Å². The van der Waals surface area contributed by atoms with Gasteiger partial charge in [0.05, 0.1) is 17.9 Å². The first-order chi connectivity index (χ1) is 12.0. The summed E-state index contributed by atoms with van der Waals surface area (Å²) in [5, 5.41) is 1.53. The molecule has 4 rings (SSSR count). The van der Waals surface area contributed by atoms with Crippen molar-refractivity contribution in [3.8, 4) is 0 Å². The Morgan fingerprint density at radius 1 is 1.44 bits per heavy atom. The summed E-state index contributed by atoms with van der Waals surface area (Å²) < 4.78 is 2.04. The summed E-state index contributed by atoms with van der Waals surface area (Å²) in [6, 6.07) is 2.15. The van der Waals surface area contributed by atoms with Crippen LogP contribution in [0.4, 0.5) is 5.69 Å². The van der Waals surface area contributed by atoms with Gasteiger partial charge < -0.3 is 20.0 Å². The number of aromatic nitrogens is 2. The minimum atomic E-state index is 0.182. The van der Waals surface area contributed by atoms with Crippen LogP contribution in [0, 0.1) is 0 Å². The number of hydrogen-bond donors (Lipinski definition) is 2. The minimum Gasteiger partial charge on any atom is -0.401 e. The standard InChI is InChI=1S/C18H24N6O/c1-12(19)8-23(20)11-15-10-22-9-14(13-4-5-13)7-16(18(22)21-15)24-6-2-3-17(24)25/h7-10,13H,2-6,11,19-20H2,1H3/b12-8-. The molecule has 1 amide bonds. The molecular weight excluding hydrogens is 316 g/mol. The summed E-state index contributed by atoms with van der Waals surface area (Å²) in [7, 11) is 0. The number of carbonyl (C=O) groups is 1. The van der Waals surface area contributed by atoms with E-state index in [2.05, 4.69) is 12.3 Å². The number of allylic oxidation sites excluding steroid dienone is 1. The lowest BCUT2D eigenvalue weighted by Crippen LogP contribution is -2.25. The zero-order valence-corrected chi connectivity index (χ0v) is 14.5. The molecule has 2 fully saturated rings. The first kappa shape index (κ1) is 16.0. The number of fused-ring (bicyclic) bond motifs is 1. The van der Waals surface area contributed by atoms with Crippen LogP contribution in [0.5, 0.6) is 0 Å². The van der Waals surface area contributed by atoms with Gasteiger partial charge in [-0.15, -0.1) is 0 Å². The number of hydrazine groups is 1. The Morgan fingerprint density at radius 3 is 2.88 bits per heavy atom. The molecule has 1 saturated carbocycles. The van der Waals surface area contributed by atoms with Crippen molar-refractivity contribution in [2.24, 2.45) is 11.6 Å². The molecule has 0 radical (unpaired) electrons. The highest BCUT2D eigenvalue weighted by atomic mass is 16.2. The summed E-state index contributed by atoms with van der Waals surface area (Å²) in [6.07, 6.45) is 9.77. The van der Waals surface area contributed by atoms with Gasteiger partial charge in [0, 0.05) is 37.3 Å². The van der Waals surface area contributed by atoms with Crippen LogP contribution in [-0.4, -0.2) is 26.8 Å². The lowest BCUT2D eigenvalue weighted by atomic mass is 10.1. The molecule has 2 aliphatic rings. The lowest BCUT2D eigenvalue weighted by Gasteiger charge is -2.17. The quantitative estimate of drug-likeness (QED) is 0.640. The van der Waals surface area contributed by atoms with Gasteiger partial charge in [0.25, 0.3) is 0 Å². The highest BCUT2D eigenvalue weighted by Gasteiger charge is 2.29. The van der Waals surface area contributed by atoms with E-state index < -0.39 is 0 Å². The van der Waals surface area contributed by atoms with Gasteiger partial charge in [-0.1, -0.05) is 0 Å². The van der Waals surface area contributed by atoms with Crippen molar-refractivity contribution in [2.45, 2.75) is 45.1 Å². The molecule has 1 aliphatic heterocycles. The molecule has 7 heteroatoms. The van der Waals surface area contributed by atoms with Crippen molar-refractivity contribution in [1.82, 2.24) is 14.4 Å². The van der Waals surface area contributed by atoms with E-state index in [1.165, 1.54) is 23.4 Å². The van der Waals surface area contributed by atoms with Crippen molar-refractivity contribution < 1.29 is 4.79 Å². The molecule has 0 spiro atoms. The Morgan fingerprint density at radius 2 is 2.24 bits per heavy atom. The molecule has 0 atom stereocenters. The maximum Gasteiger partial charge on any atom is 0.227 e. The molecular formula is C18H24N6O. The van der Waals surface area contributed by atoms with Crippen molar-refractivity contribution in [3.63, 3.8) is 0 Å². The van der Waals surface area contributed by atoms with Crippen molar-refractivity contribution in [2.75, 3.05) is 11.4 Å². The topological polar surface area (TPSA) is 92.9 Å². The van der Waals surface area contributed by atoms with E-state index >= 15 is 0 Å². The Hall–Kier alpha value is -2.54. The Kier molecular flexibility index (Phi) is 3.88. The van der Waals surface area contributed by atoms with Gasteiger partial charge in [0.1, 0.15) is 0 Å². The van der Waals surface area contributed by atoms with E-state index in [0.29, 0.717) is 24.6 Å². The molecule has 2 aromatic heterocycles. The second kappa shape index (κ2) is 6.07. The molecule has 0 aromatic carbocycles. The third kappa shape index (κ3) is 3.19. The average Bonchev–Trinajstić information content (AvgIpc) is 3.18. The number of imidazole rings is 1. The van der Waals surface area contributed by atoms with Crippen LogP contribution < -0.4 is 16.5 Å². The third-order valence-electron chi connectivity index (χ3n) is 4.73. The van der Waals surface area contributed by atoms with Crippen LogP contribution in [0.15, 0.2) is 30.4 Å². The second-order valence-corrected chi connectivity index (χ2v) is 7.09. The van der Waals surface area contributed by atoms with Crippen molar-refractivity contribution >= 4 is 17.2 Å². The number of pyridine rings is 1. The first-order valence-electron chi connectivity index (χ1n) is 8.78. The number of nitrogens with zero attached hydrogens (tertiary/aromatic N) is 4. The predicted octanol–water partition coefficient (Wildman–Crippen LogP) is 1.83. The van der Waals surface area contributed by atoms with Crippen LogP contribution in [0.1, 0.15) is 49.8 Å². The molecule has 132 valence electrons. The Balaban J connectivity index is 1.74. The summed E-state index contributed by atoms with van der Waals surface area (Å²) >= 11 is 0. The summed E-state index contributed by atoms with van der Waals surface area (Å²) in [5.41, 5.74) is 10.2. The fourth-order valence-corrected chi connectivity index (χ4v) is 3.46. The fraction of sp³-hybridized carbons (Fsp3) is 0.444. The predicted molar refractivity (Wildman–Crippen MR) is 96.4 cm³/mol. The number of anilines is 1. The number of carbonyl (C=O) groups excluding carboxylic acids is 1. The molecule has 1 aliphatic carbocycles. The smallest absolute Gasteiger partial charge is 0.227 e. The van der Waals surface area contributed by atoms with Gasteiger partial charge in [-0.2, -0.15) is 0 Å². The number of amides is 1. The highest BCUT2D eigenvalue weighted by Crippen LogP contribution is 2.42. The van der Waals surface area contributed by atoms with Gasteiger partial charge >= 0.3 is 0 Å². The Labute approximate surface area is 146 Å². The third-order valence-corrected chi connectivity index (χ3v) is 4.73. The molecule has 7 nitrogen and oxygen atoms in total. The fourth-order valence-electron chi connectivity index (χ4n) is 3.46. The van der Waals surface area contributed by atoms with Crippen molar-refractivity contribution in [3.05, 3.63) is 41.6 Å². The second-order valence-electron chi connectivity index (χ2n) is 7.09. The van der Waals surface area contributed by atoms with Crippen LogP contribution in [0.3, 0.4) is 0 Å². The molecule has 0 unspecified atom stereocenters. The van der Waals surface area contributed by atoms with Gasteiger partial charge in [-0.05, 0) is 43.7 Å². The summed E-state index contributed by atoms with van der Waals surface area (Å²) in [5.74, 6) is 6.76. The van der Waals surface area contributed by atoms with Crippen LogP contribution in [-0.2, 0) is 11.3 Å². The molecule has 25 heavy (non-hydrogen) atoms. The van der Waals surface area contributed by atoms with E-state index in [1.807, 2.05) is 15.5 Å². The maximum absolute atomic E-state index is 12.3. The van der Waals surface area contributed by atoms with E-state index in [1.54, 1.807) is 13.1 Å². The van der Waals surface area contributed by atoms with E-state index in [9.17, 15) is 4.79 Å². The summed E-state index contributed by atoms with van der Waals surface area (Å²) in [6.45, 7) is 3.02. The average molecular weight is 340 g/mol. The first-order valence-corrected chi connectivity index (χ1v) is 8.78. The highest BCUT2D eigenvalue weighted by molar-refractivity contribution is 5.98. The molecule has 2 aromatic rings. The summed E-state index contributed by atoms with van der Waals surface area (Å²) in [4.78, 5) is 18.9.